The molecule has 2 bridgehead atoms. The maximum Gasteiger partial charge on any atom is 0.302 e. The second kappa shape index (κ2) is 6.78. The molecule has 6 nitrogen and oxygen atoms in total. The lowest BCUT2D eigenvalue weighted by Gasteiger charge is -2.46. The monoisotopic (exact) mass is 394 g/mol. The van der Waals surface area contributed by atoms with Gasteiger partial charge in [0.05, 0.1) is 24.4 Å². The summed E-state index contributed by atoms with van der Waals surface area (Å²) >= 11 is 0. The van der Waals surface area contributed by atoms with Gasteiger partial charge < -0.3 is 19.3 Å². The summed E-state index contributed by atoms with van der Waals surface area (Å²) in [5.41, 5.74) is -2.01. The number of hydrogen-bond donors (Lipinski definition) is 1. The first-order chi connectivity index (χ1) is 13.0. The third-order valence-corrected chi connectivity index (χ3v) is 7.93. The van der Waals surface area contributed by atoms with Gasteiger partial charge in [-0.25, -0.2) is 0 Å². The Balaban J connectivity index is 1.83. The molecule has 28 heavy (non-hydrogen) atoms. The topological polar surface area (TPSA) is 82.1 Å². The summed E-state index contributed by atoms with van der Waals surface area (Å²) < 4.78 is 18.7. The first kappa shape index (κ1) is 20.3. The van der Waals surface area contributed by atoms with Gasteiger partial charge in [0.25, 0.3) is 0 Å². The van der Waals surface area contributed by atoms with Crippen LogP contribution in [-0.4, -0.2) is 53.0 Å². The quantitative estimate of drug-likeness (QED) is 0.688. The van der Waals surface area contributed by atoms with Gasteiger partial charge in [-0.2, -0.15) is 0 Å². The molecule has 10 atom stereocenters. The smallest absolute Gasteiger partial charge is 0.302 e. The Morgan fingerprint density at radius 1 is 1.21 bits per heavy atom. The molecule has 1 N–H and O–H groups in total. The number of esters is 1. The molecule has 1 saturated carbocycles. The molecule has 0 aromatic rings. The molecule has 0 spiro atoms. The zero-order chi connectivity index (χ0) is 20.4. The van der Waals surface area contributed by atoms with E-state index in [1.54, 1.807) is 6.92 Å². The lowest BCUT2D eigenvalue weighted by atomic mass is 9.59. The summed E-state index contributed by atoms with van der Waals surface area (Å²) in [7, 11) is 0. The number of rotatable bonds is 1. The fourth-order valence-electron chi connectivity index (χ4n) is 6.46. The first-order valence-electron chi connectivity index (χ1n) is 10.8. The van der Waals surface area contributed by atoms with E-state index in [9.17, 15) is 14.7 Å². The van der Waals surface area contributed by atoms with Crippen molar-refractivity contribution >= 4 is 11.8 Å². The van der Waals surface area contributed by atoms with E-state index >= 15 is 0 Å². The third-order valence-electron chi connectivity index (χ3n) is 7.93. The summed E-state index contributed by atoms with van der Waals surface area (Å²) in [6.45, 7) is 9.96. The Hall–Kier alpha value is -0.980. The van der Waals surface area contributed by atoms with Gasteiger partial charge in [-0.1, -0.05) is 13.8 Å². The lowest BCUT2D eigenvalue weighted by Crippen LogP contribution is -2.55. The average Bonchev–Trinajstić information content (AvgIpc) is 2.94. The van der Waals surface area contributed by atoms with Crippen LogP contribution in [0.3, 0.4) is 0 Å². The number of hydrogen-bond acceptors (Lipinski definition) is 6. The molecule has 3 heterocycles. The summed E-state index contributed by atoms with van der Waals surface area (Å²) in [6, 6.07) is 0. The Labute approximate surface area is 167 Å². The van der Waals surface area contributed by atoms with Crippen LogP contribution in [0.5, 0.6) is 0 Å². The minimum Gasteiger partial charge on any atom is -0.462 e. The summed E-state index contributed by atoms with van der Waals surface area (Å²) in [6.07, 6.45) is 1.19. The van der Waals surface area contributed by atoms with Gasteiger partial charge in [-0.05, 0) is 44.4 Å². The van der Waals surface area contributed by atoms with Crippen molar-refractivity contribution in [1.82, 2.24) is 0 Å². The maximum atomic E-state index is 13.2. The molecule has 4 rings (SSSR count). The first-order valence-corrected chi connectivity index (χ1v) is 10.8. The molecule has 3 saturated heterocycles. The number of ketones is 1. The molecule has 10 unspecified atom stereocenters. The van der Waals surface area contributed by atoms with Gasteiger partial charge in [-0.3, -0.25) is 9.59 Å². The Morgan fingerprint density at radius 3 is 2.61 bits per heavy atom. The van der Waals surface area contributed by atoms with Crippen molar-refractivity contribution in [2.75, 3.05) is 6.61 Å². The van der Waals surface area contributed by atoms with E-state index in [0.29, 0.717) is 31.3 Å². The van der Waals surface area contributed by atoms with E-state index in [1.807, 2.05) is 6.92 Å². The number of aliphatic hydroxyl groups is 1. The highest BCUT2D eigenvalue weighted by Crippen LogP contribution is 2.57. The van der Waals surface area contributed by atoms with Crippen molar-refractivity contribution < 1.29 is 28.9 Å². The summed E-state index contributed by atoms with van der Waals surface area (Å²) in [4.78, 5) is 25.1. The van der Waals surface area contributed by atoms with Gasteiger partial charge in [0.2, 0.25) is 0 Å². The van der Waals surface area contributed by atoms with Gasteiger partial charge in [0.15, 0.2) is 5.78 Å². The van der Waals surface area contributed by atoms with E-state index < -0.39 is 11.2 Å². The van der Waals surface area contributed by atoms with E-state index in [0.717, 1.165) is 6.42 Å². The number of carbonyl (C=O) groups is 2. The van der Waals surface area contributed by atoms with E-state index in [-0.39, 0.29) is 54.2 Å². The average molecular weight is 395 g/mol. The second-order valence-electron chi connectivity index (χ2n) is 10.2. The fourth-order valence-corrected chi connectivity index (χ4v) is 6.46. The molecule has 6 heteroatoms. The van der Waals surface area contributed by atoms with Gasteiger partial charge in [0.1, 0.15) is 11.7 Å². The number of fused-ring (bicyclic) bond motifs is 2. The summed E-state index contributed by atoms with van der Waals surface area (Å²) in [5.74, 6) is 0.641. The van der Waals surface area contributed by atoms with E-state index in [2.05, 4.69) is 13.8 Å². The number of ether oxygens (including phenoxy) is 3. The van der Waals surface area contributed by atoms with Crippen molar-refractivity contribution in [1.29, 1.82) is 0 Å². The number of carbonyl (C=O) groups excluding carboxylic acids is 2. The van der Waals surface area contributed by atoms with Crippen LogP contribution in [0.1, 0.15) is 60.3 Å². The SMILES string of the molecule is CC(=O)OC1C(C)CC2C(C)COC3(C)C(=O)CCC(C)(O)CC4OC3C2C41. The Bertz CT molecular complexity index is 659. The van der Waals surface area contributed by atoms with Gasteiger partial charge >= 0.3 is 5.97 Å². The van der Waals surface area contributed by atoms with Crippen LogP contribution in [-0.2, 0) is 23.8 Å². The van der Waals surface area contributed by atoms with E-state index in [1.165, 1.54) is 6.92 Å². The largest absolute Gasteiger partial charge is 0.462 e. The van der Waals surface area contributed by atoms with Gasteiger partial charge in [-0.15, -0.1) is 0 Å². The highest BCUT2D eigenvalue weighted by molar-refractivity contribution is 5.88. The minimum absolute atomic E-state index is 0.00887. The van der Waals surface area contributed by atoms with Crippen LogP contribution in [0.15, 0.2) is 0 Å². The van der Waals surface area contributed by atoms with Crippen LogP contribution in [0.4, 0.5) is 0 Å². The molecule has 0 amide bonds. The molecule has 3 aliphatic heterocycles. The molecule has 0 aromatic heterocycles. The molecule has 158 valence electrons. The third kappa shape index (κ3) is 3.12. The maximum absolute atomic E-state index is 13.2. The van der Waals surface area contributed by atoms with Crippen molar-refractivity contribution in [3.63, 3.8) is 0 Å². The predicted octanol–water partition coefficient (Wildman–Crippen LogP) is 2.50. The van der Waals surface area contributed by atoms with E-state index in [4.69, 9.17) is 14.2 Å². The Kier molecular flexibility index (Phi) is 4.91. The van der Waals surface area contributed by atoms with Crippen molar-refractivity contribution in [3.8, 4) is 0 Å². The van der Waals surface area contributed by atoms with Crippen LogP contribution >= 0.6 is 0 Å². The molecular formula is C22H34O6. The molecule has 4 aliphatic rings. The highest BCUT2D eigenvalue weighted by Gasteiger charge is 2.65. The van der Waals surface area contributed by atoms with Crippen molar-refractivity contribution in [2.24, 2.45) is 29.6 Å². The molecule has 0 radical (unpaired) electrons. The zero-order valence-corrected chi connectivity index (χ0v) is 17.6. The molecule has 4 fully saturated rings. The molecule has 0 aromatic carbocycles. The lowest BCUT2D eigenvalue weighted by molar-refractivity contribution is -0.165. The predicted molar refractivity (Wildman–Crippen MR) is 101 cm³/mol. The molecular weight excluding hydrogens is 360 g/mol. The normalized spacial score (nSPS) is 53.6. The second-order valence-corrected chi connectivity index (χ2v) is 10.2. The highest BCUT2D eigenvalue weighted by atomic mass is 16.6. The zero-order valence-electron chi connectivity index (χ0n) is 17.6. The van der Waals surface area contributed by atoms with Gasteiger partial charge in [0, 0.05) is 31.6 Å². The van der Waals surface area contributed by atoms with Crippen LogP contribution in [0, 0.1) is 29.6 Å². The standard InChI is InChI=1S/C22H34O6/c1-11-8-14-12(2)10-26-22(5)16(24)6-7-21(4,25)9-15-18(17(14)20(22)28-15)19(11)27-13(3)23/h11-12,14-15,17-20,25H,6-10H2,1-5H3. The van der Waals surface area contributed by atoms with Crippen LogP contribution < -0.4 is 0 Å². The van der Waals surface area contributed by atoms with Crippen LogP contribution in [0.25, 0.3) is 0 Å². The van der Waals surface area contributed by atoms with Crippen molar-refractivity contribution in [3.05, 3.63) is 0 Å². The van der Waals surface area contributed by atoms with Crippen molar-refractivity contribution in [2.45, 2.75) is 89.8 Å². The van der Waals surface area contributed by atoms with Crippen LogP contribution in [0.2, 0.25) is 0 Å². The Morgan fingerprint density at radius 2 is 1.93 bits per heavy atom. The number of Topliss-reactive ketones (excluding diaryl/α,β-unsaturated/α-hetero) is 1. The summed E-state index contributed by atoms with van der Waals surface area (Å²) in [5, 5.41) is 11.0. The molecule has 1 aliphatic carbocycles. The minimum atomic E-state index is -1.01. The fraction of sp³-hybridized carbons (Fsp3) is 0.909.